The Bertz CT molecular complexity index is 1230. The summed E-state index contributed by atoms with van der Waals surface area (Å²) in [5.41, 5.74) is 13.8. The van der Waals surface area contributed by atoms with Crippen molar-refractivity contribution < 1.29 is 9.47 Å². The van der Waals surface area contributed by atoms with E-state index in [9.17, 15) is 4.79 Å². The number of benzene rings is 1. The molecule has 0 fully saturated rings. The third-order valence-electron chi connectivity index (χ3n) is 4.65. The third-order valence-corrected chi connectivity index (χ3v) is 4.65. The van der Waals surface area contributed by atoms with Crippen molar-refractivity contribution in [1.82, 2.24) is 9.13 Å². The largest absolute Gasteiger partial charge is 0.454 e. The van der Waals surface area contributed by atoms with Crippen LogP contribution in [0, 0.1) is 0 Å². The zero-order valence-electron chi connectivity index (χ0n) is 16.2. The summed E-state index contributed by atoms with van der Waals surface area (Å²) in [7, 11) is 4.73. The van der Waals surface area contributed by atoms with E-state index in [1.54, 1.807) is 21.1 Å². The molecule has 0 bridgehead atoms. The molecule has 29 heavy (non-hydrogen) atoms. The fourth-order valence-electron chi connectivity index (χ4n) is 3.21. The summed E-state index contributed by atoms with van der Waals surface area (Å²) in [5, 5.41) is 0. The van der Waals surface area contributed by atoms with Crippen LogP contribution in [0.15, 0.2) is 43.0 Å². The first-order valence-electron chi connectivity index (χ1n) is 8.76. The van der Waals surface area contributed by atoms with Crippen molar-refractivity contribution in [2.75, 3.05) is 19.6 Å². The fraction of sp³-hybridized carbons (Fsp3) is 0.278. The Morgan fingerprint density at radius 3 is 2.66 bits per heavy atom. The van der Waals surface area contributed by atoms with Gasteiger partial charge in [0.2, 0.25) is 12.8 Å². The first kappa shape index (κ1) is 18.5. The molecule has 0 atom stereocenters. The van der Waals surface area contributed by atoms with Crippen LogP contribution in [0.4, 0.5) is 11.5 Å². The van der Waals surface area contributed by atoms with Gasteiger partial charge in [-0.15, -0.1) is 0 Å². The molecule has 2 aromatic rings. The van der Waals surface area contributed by atoms with E-state index >= 15 is 0 Å². The Balaban J connectivity index is 1.75. The highest BCUT2D eigenvalue weighted by atomic mass is 16.7. The average molecular weight is 396 g/mol. The van der Waals surface area contributed by atoms with E-state index in [4.69, 9.17) is 20.9 Å². The van der Waals surface area contributed by atoms with E-state index < -0.39 is 0 Å². The number of nitrogens with two attached hydrogens (primary N) is 2. The highest BCUT2D eigenvalue weighted by molar-refractivity contribution is 6.48. The number of anilines is 1. The maximum absolute atomic E-state index is 12.5. The Morgan fingerprint density at radius 1 is 1.14 bits per heavy atom. The monoisotopic (exact) mass is 396 g/mol. The molecule has 2 aliphatic heterocycles. The summed E-state index contributed by atoms with van der Waals surface area (Å²) in [4.78, 5) is 29.5. The number of amidine groups is 1. The molecule has 0 unspecified atom stereocenters. The zero-order chi connectivity index (χ0) is 20.7. The molecule has 0 radical (unpaired) electrons. The molecule has 150 valence electrons. The maximum Gasteiger partial charge on any atom is 0.330 e. The molecule has 0 saturated heterocycles. The van der Waals surface area contributed by atoms with Crippen LogP contribution in [0.25, 0.3) is 0 Å². The van der Waals surface area contributed by atoms with Gasteiger partial charge in [-0.2, -0.15) is 4.99 Å². The standard InChI is InChI=1S/C18H20N8O3/c1-21-15-13(19)16(26(3)18(27)25(15)2)23-14-10(22-17(20)24-14)6-9-4-5-11-12(7-9)29-8-28-11/h4-5,7H,6,8,19H2,1-3H3,(H2,20,23,24). The highest BCUT2D eigenvalue weighted by Crippen LogP contribution is 2.32. The van der Waals surface area contributed by atoms with Crippen molar-refractivity contribution in [2.45, 2.75) is 6.42 Å². The van der Waals surface area contributed by atoms with Gasteiger partial charge < -0.3 is 20.9 Å². The predicted molar refractivity (Wildman–Crippen MR) is 109 cm³/mol. The Morgan fingerprint density at radius 2 is 1.90 bits per heavy atom. The van der Waals surface area contributed by atoms with Crippen molar-refractivity contribution in [3.05, 3.63) is 39.7 Å². The number of fused-ring (bicyclic) bond motifs is 1. The molecule has 4 rings (SSSR count). The maximum atomic E-state index is 12.5. The van der Waals surface area contributed by atoms with Gasteiger partial charge in [0, 0.05) is 27.6 Å². The number of guanidine groups is 1. The number of rotatable bonds is 3. The lowest BCUT2D eigenvalue weighted by atomic mass is 10.1. The summed E-state index contributed by atoms with van der Waals surface area (Å²) in [6.07, 6.45) is 0.416. The summed E-state index contributed by atoms with van der Waals surface area (Å²) < 4.78 is 13.4. The van der Waals surface area contributed by atoms with Gasteiger partial charge in [0.05, 0.1) is 5.71 Å². The van der Waals surface area contributed by atoms with Crippen LogP contribution in [0.2, 0.25) is 0 Å². The van der Waals surface area contributed by atoms with Gasteiger partial charge in [-0.1, -0.05) is 6.07 Å². The van der Waals surface area contributed by atoms with E-state index in [0.29, 0.717) is 29.1 Å². The van der Waals surface area contributed by atoms with E-state index in [1.807, 2.05) is 18.2 Å². The summed E-state index contributed by atoms with van der Waals surface area (Å²) >= 11 is 0. The number of nitrogens with zero attached hydrogens (tertiary/aromatic N) is 6. The van der Waals surface area contributed by atoms with Gasteiger partial charge in [0.1, 0.15) is 5.69 Å². The molecular weight excluding hydrogens is 376 g/mol. The number of aliphatic imine (C=N–C) groups is 3. The number of aromatic nitrogens is 2. The summed E-state index contributed by atoms with van der Waals surface area (Å²) in [6.45, 7) is 0.200. The number of hydrogen-bond acceptors (Lipinski definition) is 8. The molecular formula is C18H20N8O3. The summed E-state index contributed by atoms with van der Waals surface area (Å²) in [6, 6.07) is 5.61. The fourth-order valence-corrected chi connectivity index (χ4v) is 3.21. The van der Waals surface area contributed by atoms with Crippen LogP contribution < -0.4 is 32.1 Å². The normalized spacial score (nSPS) is 17.1. The molecule has 4 N–H and O–H groups in total. The van der Waals surface area contributed by atoms with Crippen LogP contribution in [0.5, 0.6) is 11.5 Å². The van der Waals surface area contributed by atoms with Crippen molar-refractivity contribution in [1.29, 1.82) is 0 Å². The van der Waals surface area contributed by atoms with E-state index in [0.717, 1.165) is 5.56 Å². The van der Waals surface area contributed by atoms with Crippen LogP contribution in [-0.2, 0) is 20.5 Å². The Kier molecular flexibility index (Phi) is 4.41. The lowest BCUT2D eigenvalue weighted by Crippen LogP contribution is -2.39. The topological polar surface area (TPSA) is 147 Å². The molecule has 0 amide bonds. The van der Waals surface area contributed by atoms with Crippen molar-refractivity contribution in [2.24, 2.45) is 39.8 Å². The Labute approximate surface area is 165 Å². The van der Waals surface area contributed by atoms with Crippen LogP contribution >= 0.6 is 0 Å². The van der Waals surface area contributed by atoms with E-state index in [2.05, 4.69) is 20.0 Å². The highest BCUT2D eigenvalue weighted by Gasteiger charge is 2.21. The van der Waals surface area contributed by atoms with Gasteiger partial charge in [-0.05, 0) is 17.7 Å². The second-order valence-corrected chi connectivity index (χ2v) is 6.51. The Hall–Kier alpha value is -3.89. The van der Waals surface area contributed by atoms with Crippen LogP contribution in [0.3, 0.4) is 0 Å². The van der Waals surface area contributed by atoms with Crippen LogP contribution in [-0.4, -0.2) is 40.5 Å². The second-order valence-electron chi connectivity index (χ2n) is 6.51. The molecule has 0 aliphatic carbocycles. The number of ether oxygens (including phenoxy) is 2. The molecule has 0 saturated carbocycles. The molecule has 3 heterocycles. The van der Waals surface area contributed by atoms with E-state index in [-0.39, 0.29) is 35.8 Å². The van der Waals surface area contributed by atoms with Gasteiger partial charge in [-0.3, -0.25) is 14.1 Å². The van der Waals surface area contributed by atoms with Gasteiger partial charge >= 0.3 is 5.69 Å². The predicted octanol–water partition coefficient (Wildman–Crippen LogP) is -0.393. The minimum absolute atomic E-state index is 0.0879. The molecule has 11 nitrogen and oxygen atoms in total. The molecule has 1 aromatic carbocycles. The molecule has 11 heteroatoms. The lowest BCUT2D eigenvalue weighted by Gasteiger charge is -2.11. The van der Waals surface area contributed by atoms with Crippen molar-refractivity contribution >= 4 is 29.0 Å². The SMILES string of the molecule is CN=c1c(N)c(N=C2N=C(N)N=C2Cc2ccc3c(c2)OCO3)n(C)c(=O)n1C. The minimum atomic E-state index is -0.316. The number of nitrogen functional groups attached to an aromatic ring is 1. The van der Waals surface area contributed by atoms with Gasteiger partial charge in [0.25, 0.3) is 0 Å². The third kappa shape index (κ3) is 3.16. The molecule has 0 spiro atoms. The second kappa shape index (κ2) is 6.93. The van der Waals surface area contributed by atoms with Crippen LogP contribution in [0.1, 0.15) is 5.56 Å². The first-order valence-corrected chi connectivity index (χ1v) is 8.76. The molecule has 1 aromatic heterocycles. The van der Waals surface area contributed by atoms with Crippen molar-refractivity contribution in [3.63, 3.8) is 0 Å². The molecule has 2 aliphatic rings. The van der Waals surface area contributed by atoms with Gasteiger partial charge in [0.15, 0.2) is 28.6 Å². The quantitative estimate of drug-likeness (QED) is 0.725. The zero-order valence-corrected chi connectivity index (χ0v) is 16.2. The lowest BCUT2D eigenvalue weighted by molar-refractivity contribution is 0.174. The van der Waals surface area contributed by atoms with E-state index in [1.165, 1.54) is 9.13 Å². The smallest absolute Gasteiger partial charge is 0.330 e. The average Bonchev–Trinajstić information content (AvgIpc) is 3.30. The minimum Gasteiger partial charge on any atom is -0.454 e. The summed E-state index contributed by atoms with van der Waals surface area (Å²) in [5.74, 6) is 1.98. The van der Waals surface area contributed by atoms with Crippen molar-refractivity contribution in [3.8, 4) is 11.5 Å². The first-order chi connectivity index (χ1) is 13.9. The van der Waals surface area contributed by atoms with Gasteiger partial charge in [-0.25, -0.2) is 14.8 Å². The number of hydrogen-bond donors (Lipinski definition) is 2.